The lowest BCUT2D eigenvalue weighted by Crippen LogP contribution is -2.42. The first kappa shape index (κ1) is 18.9. The largest absolute Gasteiger partial charge is 0.378 e. The second-order valence-electron chi connectivity index (χ2n) is 6.46. The number of anilines is 2. The highest BCUT2D eigenvalue weighted by molar-refractivity contribution is 6.00. The average molecular weight is 367 g/mol. The Balaban J connectivity index is 1.72. The van der Waals surface area contributed by atoms with Gasteiger partial charge in [-0.1, -0.05) is 42.5 Å². The van der Waals surface area contributed by atoms with E-state index in [1.807, 2.05) is 54.6 Å². The van der Waals surface area contributed by atoms with E-state index in [2.05, 4.69) is 10.2 Å². The Labute approximate surface area is 159 Å². The minimum absolute atomic E-state index is 0.0104. The first-order valence-electron chi connectivity index (χ1n) is 9.15. The molecule has 6 nitrogen and oxygen atoms in total. The van der Waals surface area contributed by atoms with Crippen molar-refractivity contribution >= 4 is 23.2 Å². The summed E-state index contributed by atoms with van der Waals surface area (Å²) in [6.45, 7) is 4.77. The molecular weight excluding hydrogens is 342 g/mol. The van der Waals surface area contributed by atoms with E-state index in [0.717, 1.165) is 30.0 Å². The van der Waals surface area contributed by atoms with Crippen molar-refractivity contribution in [3.05, 3.63) is 60.2 Å². The van der Waals surface area contributed by atoms with E-state index in [1.54, 1.807) is 0 Å². The minimum atomic E-state index is -0.189. The molecule has 1 saturated heterocycles. The number of ether oxygens (including phenoxy) is 1. The van der Waals surface area contributed by atoms with Crippen LogP contribution in [-0.2, 0) is 20.9 Å². The third-order valence-electron chi connectivity index (χ3n) is 4.54. The maximum absolute atomic E-state index is 12.5. The molecule has 1 aliphatic rings. The number of carbonyl (C=O) groups excluding carboxylic acids is 2. The van der Waals surface area contributed by atoms with Gasteiger partial charge >= 0.3 is 0 Å². The number of nitrogens with one attached hydrogen (secondary N) is 1. The van der Waals surface area contributed by atoms with Gasteiger partial charge in [-0.3, -0.25) is 9.59 Å². The molecule has 6 heteroatoms. The summed E-state index contributed by atoms with van der Waals surface area (Å²) >= 11 is 0. The third-order valence-corrected chi connectivity index (χ3v) is 4.54. The van der Waals surface area contributed by atoms with Gasteiger partial charge in [0, 0.05) is 26.6 Å². The summed E-state index contributed by atoms with van der Waals surface area (Å²) in [5.74, 6) is -0.351. The zero-order valence-electron chi connectivity index (χ0n) is 15.6. The lowest BCUT2D eigenvalue weighted by Gasteiger charge is -2.33. The number of carbonyl (C=O) groups is 2. The molecule has 0 bridgehead atoms. The molecule has 1 aliphatic heterocycles. The van der Waals surface area contributed by atoms with Gasteiger partial charge in [0.1, 0.15) is 6.54 Å². The molecule has 142 valence electrons. The Morgan fingerprint density at radius 3 is 2.41 bits per heavy atom. The Morgan fingerprint density at radius 2 is 1.70 bits per heavy atom. The number of benzene rings is 2. The van der Waals surface area contributed by atoms with Crippen LogP contribution in [0.4, 0.5) is 11.4 Å². The van der Waals surface area contributed by atoms with Gasteiger partial charge < -0.3 is 19.9 Å². The van der Waals surface area contributed by atoms with E-state index in [0.29, 0.717) is 19.8 Å². The van der Waals surface area contributed by atoms with Crippen LogP contribution in [0.5, 0.6) is 0 Å². The second kappa shape index (κ2) is 9.19. The average Bonchev–Trinajstić information content (AvgIpc) is 2.72. The molecule has 2 aromatic carbocycles. The zero-order chi connectivity index (χ0) is 19.1. The number of para-hydroxylation sites is 2. The van der Waals surface area contributed by atoms with Crippen LogP contribution in [0.15, 0.2) is 54.6 Å². The Bertz CT molecular complexity index is 773. The van der Waals surface area contributed by atoms with Crippen LogP contribution < -0.4 is 15.1 Å². The van der Waals surface area contributed by atoms with Crippen LogP contribution in [0, 0.1) is 0 Å². The minimum Gasteiger partial charge on any atom is -0.378 e. The molecule has 2 aromatic rings. The monoisotopic (exact) mass is 367 g/mol. The predicted molar refractivity (Wildman–Crippen MR) is 106 cm³/mol. The smallest absolute Gasteiger partial charge is 0.240 e. The highest BCUT2D eigenvalue weighted by Crippen LogP contribution is 2.30. The van der Waals surface area contributed by atoms with Crippen molar-refractivity contribution < 1.29 is 14.3 Å². The quantitative estimate of drug-likeness (QED) is 0.850. The Morgan fingerprint density at radius 1 is 1.04 bits per heavy atom. The van der Waals surface area contributed by atoms with E-state index >= 15 is 0 Å². The van der Waals surface area contributed by atoms with Crippen molar-refractivity contribution in [2.45, 2.75) is 13.5 Å². The summed E-state index contributed by atoms with van der Waals surface area (Å²) < 4.78 is 5.42. The van der Waals surface area contributed by atoms with Crippen molar-refractivity contribution in [2.24, 2.45) is 0 Å². The van der Waals surface area contributed by atoms with Crippen LogP contribution in [0.2, 0.25) is 0 Å². The molecular formula is C21H25N3O3. The molecule has 0 spiro atoms. The fourth-order valence-electron chi connectivity index (χ4n) is 3.13. The summed E-state index contributed by atoms with van der Waals surface area (Å²) in [5, 5.41) is 2.89. The highest BCUT2D eigenvalue weighted by atomic mass is 16.5. The summed E-state index contributed by atoms with van der Waals surface area (Å²) in [4.78, 5) is 28.5. The fourth-order valence-corrected chi connectivity index (χ4v) is 3.13. The molecule has 0 aromatic heterocycles. The van der Waals surface area contributed by atoms with Gasteiger partial charge in [-0.2, -0.15) is 0 Å². The molecule has 0 saturated carbocycles. The van der Waals surface area contributed by atoms with E-state index in [4.69, 9.17) is 4.74 Å². The van der Waals surface area contributed by atoms with Gasteiger partial charge in [-0.25, -0.2) is 0 Å². The van der Waals surface area contributed by atoms with Crippen LogP contribution >= 0.6 is 0 Å². The number of rotatable bonds is 6. The highest BCUT2D eigenvalue weighted by Gasteiger charge is 2.22. The van der Waals surface area contributed by atoms with E-state index in [9.17, 15) is 9.59 Å². The standard InChI is InChI=1S/C21H25N3O3/c1-17(25)24(16-21(26)22-15-18-7-3-2-4-8-18)20-10-6-5-9-19(20)23-11-13-27-14-12-23/h2-10H,11-16H2,1H3,(H,22,26). The van der Waals surface area contributed by atoms with E-state index in [-0.39, 0.29) is 18.4 Å². The number of hydrogen-bond donors (Lipinski definition) is 1. The number of hydrogen-bond acceptors (Lipinski definition) is 4. The van der Waals surface area contributed by atoms with Gasteiger partial charge in [-0.05, 0) is 17.7 Å². The third kappa shape index (κ3) is 5.08. The molecule has 1 N–H and O–H groups in total. The van der Waals surface area contributed by atoms with Crippen LogP contribution in [0.25, 0.3) is 0 Å². The van der Waals surface area contributed by atoms with Crippen LogP contribution in [0.1, 0.15) is 12.5 Å². The lowest BCUT2D eigenvalue weighted by molar-refractivity contribution is -0.123. The Kier molecular flexibility index (Phi) is 6.44. The molecule has 0 unspecified atom stereocenters. The maximum Gasteiger partial charge on any atom is 0.240 e. The molecule has 3 rings (SSSR count). The van der Waals surface area contributed by atoms with E-state index < -0.39 is 0 Å². The molecule has 1 heterocycles. The van der Waals surface area contributed by atoms with Crippen molar-refractivity contribution in [3.63, 3.8) is 0 Å². The van der Waals surface area contributed by atoms with Crippen molar-refractivity contribution in [3.8, 4) is 0 Å². The van der Waals surface area contributed by atoms with E-state index in [1.165, 1.54) is 11.8 Å². The maximum atomic E-state index is 12.5. The molecule has 0 radical (unpaired) electrons. The van der Waals surface area contributed by atoms with Gasteiger partial charge in [0.05, 0.1) is 24.6 Å². The molecule has 27 heavy (non-hydrogen) atoms. The molecule has 0 aliphatic carbocycles. The first-order valence-corrected chi connectivity index (χ1v) is 9.15. The molecule has 0 atom stereocenters. The lowest BCUT2D eigenvalue weighted by atomic mass is 10.2. The van der Waals surface area contributed by atoms with Gasteiger partial charge in [0.2, 0.25) is 11.8 Å². The predicted octanol–water partition coefficient (Wildman–Crippen LogP) is 2.19. The first-order chi connectivity index (χ1) is 13.1. The zero-order valence-corrected chi connectivity index (χ0v) is 15.6. The van der Waals surface area contributed by atoms with Crippen LogP contribution in [0.3, 0.4) is 0 Å². The number of morpholine rings is 1. The normalized spacial score (nSPS) is 13.9. The topological polar surface area (TPSA) is 61.9 Å². The fraction of sp³-hybridized carbons (Fsp3) is 0.333. The SMILES string of the molecule is CC(=O)N(CC(=O)NCc1ccccc1)c1ccccc1N1CCOCC1. The van der Waals surface area contributed by atoms with Crippen molar-refractivity contribution in [2.75, 3.05) is 42.6 Å². The summed E-state index contributed by atoms with van der Waals surface area (Å²) in [7, 11) is 0. The van der Waals surface area contributed by atoms with Crippen molar-refractivity contribution in [1.82, 2.24) is 5.32 Å². The Hall–Kier alpha value is -2.86. The van der Waals surface area contributed by atoms with Gasteiger partial charge in [-0.15, -0.1) is 0 Å². The summed E-state index contributed by atoms with van der Waals surface area (Å²) in [6.07, 6.45) is 0. The van der Waals surface area contributed by atoms with Gasteiger partial charge in [0.15, 0.2) is 0 Å². The number of nitrogens with zero attached hydrogens (tertiary/aromatic N) is 2. The molecule has 2 amide bonds. The summed E-state index contributed by atoms with van der Waals surface area (Å²) in [5.41, 5.74) is 2.72. The second-order valence-corrected chi connectivity index (χ2v) is 6.46. The number of amides is 2. The van der Waals surface area contributed by atoms with Crippen LogP contribution in [-0.4, -0.2) is 44.7 Å². The van der Waals surface area contributed by atoms with Gasteiger partial charge in [0.25, 0.3) is 0 Å². The van der Waals surface area contributed by atoms with Crippen molar-refractivity contribution in [1.29, 1.82) is 0 Å². The molecule has 1 fully saturated rings. The summed E-state index contributed by atoms with van der Waals surface area (Å²) in [6, 6.07) is 17.4.